The molecule has 0 bridgehead atoms. The van der Waals surface area contributed by atoms with Gasteiger partial charge in [0.25, 0.3) is 0 Å². The Morgan fingerprint density at radius 1 is 1.21 bits per heavy atom. The molecule has 0 unspecified atom stereocenters. The van der Waals surface area contributed by atoms with Gasteiger partial charge in [0, 0.05) is 18.0 Å². The van der Waals surface area contributed by atoms with Crippen molar-refractivity contribution in [2.45, 2.75) is 6.92 Å². The molecule has 0 radical (unpaired) electrons. The number of carbonyl (C=O) groups excluding carboxylic acids is 1. The molecule has 0 aliphatic heterocycles. The van der Waals surface area contributed by atoms with Crippen molar-refractivity contribution in [3.8, 4) is 5.95 Å². The van der Waals surface area contributed by atoms with E-state index in [9.17, 15) is 9.18 Å². The van der Waals surface area contributed by atoms with Crippen LogP contribution in [0.2, 0.25) is 0 Å². The fraction of sp³-hybridized carbons (Fsp3) is 0.0769. The Labute approximate surface area is 107 Å². The van der Waals surface area contributed by atoms with Crippen LogP contribution in [0.3, 0.4) is 0 Å². The van der Waals surface area contributed by atoms with Crippen molar-refractivity contribution < 1.29 is 9.18 Å². The third kappa shape index (κ3) is 1.97. The lowest BCUT2D eigenvalue weighted by atomic mass is 10.2. The topological polar surface area (TPSA) is 60.7 Å². The maximum absolute atomic E-state index is 12.8. The zero-order valence-corrected chi connectivity index (χ0v) is 10.0. The number of aromatic nitrogens is 4. The molecule has 5 nitrogen and oxygen atoms in total. The highest BCUT2D eigenvalue weighted by atomic mass is 19.1. The summed E-state index contributed by atoms with van der Waals surface area (Å²) >= 11 is 0. The molecule has 3 aromatic heterocycles. The van der Waals surface area contributed by atoms with Crippen LogP contribution in [-0.2, 0) is 0 Å². The lowest BCUT2D eigenvalue weighted by Gasteiger charge is -2.03. The number of fused-ring (bicyclic) bond motifs is 1. The molecular formula is C13H9FN4O. The second kappa shape index (κ2) is 4.24. The van der Waals surface area contributed by atoms with E-state index in [1.807, 2.05) is 0 Å². The Bertz CT molecular complexity index is 764. The van der Waals surface area contributed by atoms with Crippen molar-refractivity contribution >= 4 is 16.8 Å². The highest BCUT2D eigenvalue weighted by molar-refractivity contribution is 5.96. The summed E-state index contributed by atoms with van der Waals surface area (Å²) in [6.07, 6.45) is 5.45. The van der Waals surface area contributed by atoms with Crippen LogP contribution >= 0.6 is 0 Å². The number of halogens is 1. The minimum atomic E-state index is -0.497. The second-order valence-electron chi connectivity index (χ2n) is 4.07. The third-order valence-corrected chi connectivity index (χ3v) is 2.77. The Morgan fingerprint density at radius 2 is 1.95 bits per heavy atom. The third-order valence-electron chi connectivity index (χ3n) is 2.77. The molecule has 3 heterocycles. The van der Waals surface area contributed by atoms with Crippen LogP contribution in [0.1, 0.15) is 17.3 Å². The van der Waals surface area contributed by atoms with Gasteiger partial charge in [0.15, 0.2) is 11.6 Å². The lowest BCUT2D eigenvalue weighted by molar-refractivity contribution is 0.101. The van der Waals surface area contributed by atoms with Crippen LogP contribution in [0, 0.1) is 5.82 Å². The van der Waals surface area contributed by atoms with Crippen LogP contribution in [0.25, 0.3) is 17.0 Å². The van der Waals surface area contributed by atoms with Gasteiger partial charge < -0.3 is 0 Å². The van der Waals surface area contributed by atoms with Crippen molar-refractivity contribution in [2.24, 2.45) is 0 Å². The van der Waals surface area contributed by atoms with Gasteiger partial charge in [-0.25, -0.2) is 14.4 Å². The number of rotatable bonds is 2. The summed E-state index contributed by atoms with van der Waals surface area (Å²) in [5, 5.41) is 0. The predicted molar refractivity (Wildman–Crippen MR) is 66.6 cm³/mol. The maximum atomic E-state index is 12.8. The molecule has 3 aromatic rings. The number of pyridine rings is 1. The first-order valence-corrected chi connectivity index (χ1v) is 5.61. The van der Waals surface area contributed by atoms with Gasteiger partial charge >= 0.3 is 0 Å². The molecule has 0 amide bonds. The molecule has 0 spiro atoms. The molecule has 0 saturated carbocycles. The molecule has 19 heavy (non-hydrogen) atoms. The average molecular weight is 256 g/mol. The van der Waals surface area contributed by atoms with Gasteiger partial charge in [0.05, 0.1) is 23.4 Å². The summed E-state index contributed by atoms with van der Waals surface area (Å²) in [7, 11) is 0. The molecule has 6 heteroatoms. The van der Waals surface area contributed by atoms with Gasteiger partial charge in [0.2, 0.25) is 5.95 Å². The maximum Gasteiger partial charge on any atom is 0.234 e. The monoisotopic (exact) mass is 256 g/mol. The molecule has 94 valence electrons. The van der Waals surface area contributed by atoms with Gasteiger partial charge in [-0.2, -0.15) is 0 Å². The van der Waals surface area contributed by atoms with Crippen molar-refractivity contribution in [3.05, 3.63) is 48.3 Å². The summed E-state index contributed by atoms with van der Waals surface area (Å²) in [5.41, 5.74) is 1.94. The summed E-state index contributed by atoms with van der Waals surface area (Å²) < 4.78 is 14.5. The van der Waals surface area contributed by atoms with E-state index in [1.54, 1.807) is 22.9 Å². The highest BCUT2D eigenvalue weighted by Gasteiger charge is 2.09. The van der Waals surface area contributed by atoms with E-state index in [0.29, 0.717) is 17.0 Å². The van der Waals surface area contributed by atoms with Gasteiger partial charge in [-0.3, -0.25) is 14.3 Å². The van der Waals surface area contributed by atoms with Crippen LogP contribution in [0.4, 0.5) is 4.39 Å². The highest BCUT2D eigenvalue weighted by Crippen LogP contribution is 2.18. The fourth-order valence-corrected chi connectivity index (χ4v) is 1.81. The first-order valence-electron chi connectivity index (χ1n) is 5.61. The Balaban J connectivity index is 2.21. The molecule has 3 rings (SSSR count). The SMILES string of the molecule is CC(=O)c1cnc2ccn(-c3ncc(F)cn3)c2c1. The number of nitrogens with zero attached hydrogens (tertiary/aromatic N) is 4. The molecule has 0 aliphatic carbocycles. The molecular weight excluding hydrogens is 247 g/mol. The largest absolute Gasteiger partial charge is 0.294 e. The number of carbonyl (C=O) groups is 1. The zero-order valence-electron chi connectivity index (χ0n) is 10.0. The first kappa shape index (κ1) is 11.5. The quantitative estimate of drug-likeness (QED) is 0.659. The van der Waals surface area contributed by atoms with E-state index in [-0.39, 0.29) is 5.78 Å². The molecule has 0 fully saturated rings. The molecule has 0 N–H and O–H groups in total. The second-order valence-corrected chi connectivity index (χ2v) is 4.07. The molecule has 0 saturated heterocycles. The zero-order chi connectivity index (χ0) is 13.4. The summed E-state index contributed by atoms with van der Waals surface area (Å²) in [6, 6.07) is 3.50. The van der Waals surface area contributed by atoms with Gasteiger partial charge in [-0.05, 0) is 19.1 Å². The van der Waals surface area contributed by atoms with Crippen LogP contribution < -0.4 is 0 Å². The molecule has 0 atom stereocenters. The van der Waals surface area contributed by atoms with E-state index in [0.717, 1.165) is 17.9 Å². The normalized spacial score (nSPS) is 10.8. The first-order chi connectivity index (χ1) is 9.15. The standard InChI is InChI=1S/C13H9FN4O/c1-8(19)9-4-12-11(15-5-9)2-3-18(12)13-16-6-10(14)7-17-13/h2-7H,1H3. The average Bonchev–Trinajstić information content (AvgIpc) is 2.82. The number of Topliss-reactive ketones (excluding diaryl/α,β-unsaturated/α-hetero) is 1. The minimum Gasteiger partial charge on any atom is -0.294 e. The fourth-order valence-electron chi connectivity index (χ4n) is 1.81. The summed E-state index contributed by atoms with van der Waals surface area (Å²) in [5.74, 6) is -0.233. The van der Waals surface area contributed by atoms with E-state index < -0.39 is 5.82 Å². The molecule has 0 aromatic carbocycles. The van der Waals surface area contributed by atoms with E-state index in [2.05, 4.69) is 15.0 Å². The smallest absolute Gasteiger partial charge is 0.234 e. The van der Waals surface area contributed by atoms with Crippen molar-refractivity contribution in [1.82, 2.24) is 19.5 Å². The van der Waals surface area contributed by atoms with Crippen LogP contribution in [0.15, 0.2) is 36.9 Å². The number of hydrogen-bond donors (Lipinski definition) is 0. The van der Waals surface area contributed by atoms with Gasteiger partial charge in [0.1, 0.15) is 0 Å². The number of hydrogen-bond acceptors (Lipinski definition) is 4. The Morgan fingerprint density at radius 3 is 2.63 bits per heavy atom. The van der Waals surface area contributed by atoms with Gasteiger partial charge in [-0.1, -0.05) is 0 Å². The summed E-state index contributed by atoms with van der Waals surface area (Å²) in [6.45, 7) is 1.48. The minimum absolute atomic E-state index is 0.0674. The molecule has 0 aliphatic rings. The van der Waals surface area contributed by atoms with Crippen LogP contribution in [0.5, 0.6) is 0 Å². The van der Waals surface area contributed by atoms with Crippen molar-refractivity contribution in [1.29, 1.82) is 0 Å². The Hall–Kier alpha value is -2.63. The van der Waals surface area contributed by atoms with Crippen molar-refractivity contribution in [2.75, 3.05) is 0 Å². The van der Waals surface area contributed by atoms with Gasteiger partial charge in [-0.15, -0.1) is 0 Å². The lowest BCUT2D eigenvalue weighted by Crippen LogP contribution is -2.01. The van der Waals surface area contributed by atoms with E-state index in [4.69, 9.17) is 0 Å². The number of ketones is 1. The summed E-state index contributed by atoms with van der Waals surface area (Å²) in [4.78, 5) is 23.4. The van der Waals surface area contributed by atoms with Crippen molar-refractivity contribution in [3.63, 3.8) is 0 Å². The van der Waals surface area contributed by atoms with E-state index >= 15 is 0 Å². The van der Waals surface area contributed by atoms with Crippen LogP contribution in [-0.4, -0.2) is 25.3 Å². The predicted octanol–water partition coefficient (Wildman–Crippen LogP) is 2.16. The van der Waals surface area contributed by atoms with E-state index in [1.165, 1.54) is 13.1 Å². The Kier molecular flexibility index (Phi) is 2.56.